The van der Waals surface area contributed by atoms with E-state index in [2.05, 4.69) is 31.9 Å². The van der Waals surface area contributed by atoms with E-state index in [1.807, 2.05) is 12.1 Å². The molecule has 2 aromatic rings. The van der Waals surface area contributed by atoms with Crippen LogP contribution in [0.1, 0.15) is 16.0 Å². The van der Waals surface area contributed by atoms with Crippen LogP contribution in [-0.2, 0) is 0 Å². The summed E-state index contributed by atoms with van der Waals surface area (Å²) in [6.07, 6.45) is 0. The van der Waals surface area contributed by atoms with Crippen LogP contribution in [0.25, 0.3) is 0 Å². The van der Waals surface area contributed by atoms with Crippen molar-refractivity contribution in [2.75, 3.05) is 13.2 Å². The van der Waals surface area contributed by atoms with Crippen molar-refractivity contribution in [1.82, 2.24) is 0 Å². The lowest BCUT2D eigenvalue weighted by Crippen LogP contribution is -2.15. The van der Waals surface area contributed by atoms with Crippen molar-refractivity contribution in [3.63, 3.8) is 0 Å². The number of rotatable bonds is 2. The second kappa shape index (κ2) is 6.15. The molecule has 0 saturated carbocycles. The molecule has 0 N–H and O–H groups in total. The Labute approximate surface area is 143 Å². The molecule has 2 aromatic carbocycles. The van der Waals surface area contributed by atoms with E-state index in [0.29, 0.717) is 30.3 Å². The average Bonchev–Trinajstić information content (AvgIpc) is 2.48. The SMILES string of the molecule is Fc1c(Cl)cccc1C(Br)c1cc2c(cc1Br)OCCO2. The van der Waals surface area contributed by atoms with Crippen molar-refractivity contribution >= 4 is 43.5 Å². The van der Waals surface area contributed by atoms with E-state index in [-0.39, 0.29) is 9.85 Å². The Hall–Kier alpha value is -0.780. The third-order valence-electron chi connectivity index (χ3n) is 3.19. The summed E-state index contributed by atoms with van der Waals surface area (Å²) in [7, 11) is 0. The number of halogens is 4. The summed E-state index contributed by atoms with van der Waals surface area (Å²) in [6, 6.07) is 8.63. The molecule has 0 aromatic heterocycles. The third-order valence-corrected chi connectivity index (χ3v) is 5.15. The summed E-state index contributed by atoms with van der Waals surface area (Å²) in [4.78, 5) is -0.346. The molecule has 3 rings (SSSR count). The topological polar surface area (TPSA) is 18.5 Å². The Bertz CT molecular complexity index is 694. The first-order valence-corrected chi connectivity index (χ1v) is 8.33. The van der Waals surface area contributed by atoms with Gasteiger partial charge in [0.15, 0.2) is 11.5 Å². The molecular formula is C15H10Br2ClFO2. The van der Waals surface area contributed by atoms with E-state index in [0.717, 1.165) is 10.0 Å². The van der Waals surface area contributed by atoms with Gasteiger partial charge in [-0.2, -0.15) is 0 Å². The molecule has 1 aliphatic heterocycles. The standard InChI is InChI=1S/C15H10Br2ClFO2/c16-10-7-13-12(20-4-5-21-13)6-9(10)14(17)8-2-1-3-11(18)15(8)19/h1-3,6-7,14H,4-5H2. The highest BCUT2D eigenvalue weighted by Gasteiger charge is 2.22. The van der Waals surface area contributed by atoms with E-state index in [1.165, 1.54) is 6.07 Å². The van der Waals surface area contributed by atoms with E-state index in [4.69, 9.17) is 21.1 Å². The maximum Gasteiger partial charge on any atom is 0.162 e. The van der Waals surface area contributed by atoms with Crippen LogP contribution >= 0.6 is 43.5 Å². The molecule has 0 amide bonds. The Morgan fingerprint density at radius 2 is 1.76 bits per heavy atom. The summed E-state index contributed by atoms with van der Waals surface area (Å²) in [5, 5.41) is 0.102. The normalized spacial score (nSPS) is 14.9. The average molecular weight is 437 g/mol. The van der Waals surface area contributed by atoms with Gasteiger partial charge >= 0.3 is 0 Å². The van der Waals surface area contributed by atoms with Crippen LogP contribution in [0.15, 0.2) is 34.8 Å². The molecule has 0 radical (unpaired) electrons. The molecule has 0 saturated heterocycles. The minimum atomic E-state index is -0.428. The molecular weight excluding hydrogens is 426 g/mol. The zero-order valence-electron chi connectivity index (χ0n) is 10.7. The zero-order valence-corrected chi connectivity index (χ0v) is 14.6. The molecule has 6 heteroatoms. The highest BCUT2D eigenvalue weighted by Crippen LogP contribution is 2.43. The molecule has 21 heavy (non-hydrogen) atoms. The van der Waals surface area contributed by atoms with Gasteiger partial charge in [0.05, 0.1) is 9.85 Å². The van der Waals surface area contributed by atoms with E-state index in [9.17, 15) is 4.39 Å². The van der Waals surface area contributed by atoms with Gasteiger partial charge in [-0.15, -0.1) is 0 Å². The van der Waals surface area contributed by atoms with Crippen LogP contribution in [0.2, 0.25) is 5.02 Å². The van der Waals surface area contributed by atoms with Gasteiger partial charge in [0, 0.05) is 10.0 Å². The largest absolute Gasteiger partial charge is 0.486 e. The second-order valence-corrected chi connectivity index (χ2v) is 6.70. The van der Waals surface area contributed by atoms with Crippen molar-refractivity contribution in [1.29, 1.82) is 0 Å². The zero-order chi connectivity index (χ0) is 15.0. The summed E-state index contributed by atoms with van der Waals surface area (Å²) >= 11 is 12.9. The van der Waals surface area contributed by atoms with Gasteiger partial charge in [-0.05, 0) is 23.8 Å². The predicted molar refractivity (Wildman–Crippen MR) is 87.3 cm³/mol. The molecule has 0 spiro atoms. The quantitative estimate of drug-likeness (QED) is 0.579. The highest BCUT2D eigenvalue weighted by atomic mass is 79.9. The monoisotopic (exact) mass is 434 g/mol. The molecule has 1 heterocycles. The molecule has 0 bridgehead atoms. The number of benzene rings is 2. The Kier molecular flexibility index (Phi) is 4.43. The van der Waals surface area contributed by atoms with Crippen molar-refractivity contribution in [3.05, 3.63) is 56.8 Å². The second-order valence-electron chi connectivity index (χ2n) is 4.52. The maximum absolute atomic E-state index is 14.2. The van der Waals surface area contributed by atoms with Crippen LogP contribution in [0.3, 0.4) is 0 Å². The van der Waals surface area contributed by atoms with Gasteiger partial charge in [0.2, 0.25) is 0 Å². The van der Waals surface area contributed by atoms with Gasteiger partial charge in [-0.25, -0.2) is 4.39 Å². The number of ether oxygens (including phenoxy) is 2. The van der Waals surface area contributed by atoms with Gasteiger partial charge in [-0.3, -0.25) is 0 Å². The smallest absolute Gasteiger partial charge is 0.162 e. The fourth-order valence-electron chi connectivity index (χ4n) is 2.16. The summed E-state index contributed by atoms with van der Waals surface area (Å²) in [5.41, 5.74) is 1.32. The Morgan fingerprint density at radius 1 is 1.10 bits per heavy atom. The van der Waals surface area contributed by atoms with Gasteiger partial charge < -0.3 is 9.47 Å². The lowest BCUT2D eigenvalue weighted by atomic mass is 10.0. The molecule has 1 aliphatic rings. The maximum atomic E-state index is 14.2. The first-order chi connectivity index (χ1) is 10.1. The molecule has 110 valence electrons. The van der Waals surface area contributed by atoms with Crippen LogP contribution in [0.5, 0.6) is 11.5 Å². The lowest BCUT2D eigenvalue weighted by molar-refractivity contribution is 0.171. The fourth-order valence-corrected chi connectivity index (χ4v) is 3.93. The first-order valence-electron chi connectivity index (χ1n) is 6.25. The summed E-state index contributed by atoms with van der Waals surface area (Å²) in [5.74, 6) is 0.914. The number of alkyl halides is 1. The van der Waals surface area contributed by atoms with Crippen molar-refractivity contribution in [2.24, 2.45) is 0 Å². The van der Waals surface area contributed by atoms with Gasteiger partial charge in [-0.1, -0.05) is 55.6 Å². The van der Waals surface area contributed by atoms with Crippen LogP contribution in [0.4, 0.5) is 4.39 Å². The van der Waals surface area contributed by atoms with Crippen molar-refractivity contribution in [3.8, 4) is 11.5 Å². The van der Waals surface area contributed by atoms with Crippen LogP contribution in [0, 0.1) is 5.82 Å². The van der Waals surface area contributed by atoms with Crippen molar-refractivity contribution < 1.29 is 13.9 Å². The number of hydrogen-bond acceptors (Lipinski definition) is 2. The molecule has 1 unspecified atom stereocenters. The van der Waals surface area contributed by atoms with E-state index >= 15 is 0 Å². The van der Waals surface area contributed by atoms with Gasteiger partial charge in [0.25, 0.3) is 0 Å². The van der Waals surface area contributed by atoms with Crippen LogP contribution in [-0.4, -0.2) is 13.2 Å². The molecule has 0 aliphatic carbocycles. The lowest BCUT2D eigenvalue weighted by Gasteiger charge is -2.22. The summed E-state index contributed by atoms with van der Waals surface area (Å²) in [6.45, 7) is 1.03. The first kappa shape index (κ1) is 15.1. The van der Waals surface area contributed by atoms with Gasteiger partial charge in [0.1, 0.15) is 19.0 Å². The highest BCUT2D eigenvalue weighted by molar-refractivity contribution is 9.11. The Balaban J connectivity index is 2.05. The molecule has 1 atom stereocenters. The summed E-state index contributed by atoms with van der Waals surface area (Å²) < 4.78 is 26.1. The fraction of sp³-hybridized carbons (Fsp3) is 0.200. The molecule has 2 nitrogen and oxygen atoms in total. The minimum absolute atomic E-state index is 0.102. The predicted octanol–water partition coefficient (Wildman–Crippen LogP) is 5.50. The molecule has 0 fully saturated rings. The minimum Gasteiger partial charge on any atom is -0.486 e. The third kappa shape index (κ3) is 2.91. The number of hydrogen-bond donors (Lipinski definition) is 0. The van der Waals surface area contributed by atoms with E-state index < -0.39 is 5.82 Å². The van der Waals surface area contributed by atoms with Crippen molar-refractivity contribution in [2.45, 2.75) is 4.83 Å². The number of fused-ring (bicyclic) bond motifs is 1. The Morgan fingerprint density at radius 3 is 2.48 bits per heavy atom. The van der Waals surface area contributed by atoms with Crippen LogP contribution < -0.4 is 9.47 Å². The van der Waals surface area contributed by atoms with E-state index in [1.54, 1.807) is 12.1 Å².